The zero-order chi connectivity index (χ0) is 64.1. The summed E-state index contributed by atoms with van der Waals surface area (Å²) in [6.45, 7) is 4.24. The van der Waals surface area contributed by atoms with Crippen LogP contribution in [-0.2, 0) is 32.7 Å². The fraction of sp³-hybridized carbons (Fsp3) is 0.744. The number of unbranched alkanes of at least 4 members (excludes halogenated alkanes) is 35. The molecule has 0 saturated carbocycles. The number of nitrogens with zero attached hydrogens (tertiary/aromatic N) is 1. The number of likely N-dealkylation sites (N-methyl/N-ethyl adjacent to an activating group) is 1. The molecule has 0 aliphatic heterocycles. The van der Waals surface area contributed by atoms with Crippen LogP contribution in [0.1, 0.15) is 322 Å². The standard InChI is InChI=1S/C78H138NO8P/c1-6-8-10-12-14-16-18-20-22-24-26-28-30-32-34-35-36-37-38-39-40-41-42-43-45-46-48-50-52-54-56-58-60-62-64-66-68-70-77(80)84-74-76(75-86-88(82,83)85-73-72-79(3,4)5)87-78(81)71-69-67-65-63-61-59-57-55-53-51-49-47-44-33-31-29-27-25-23-21-19-17-15-13-11-9-7-2/h8-11,14-17,20-23,26-29,33,44,76H,6-7,12-13,18-19,24-25,30-32,34-43,45-75H2,1-5H3/p+1/b10-8-,11-9-,16-14-,17-15-,22-20-,23-21-,28-26-,29-27-,44-33-. The quantitative estimate of drug-likeness (QED) is 0.0211. The molecule has 10 heteroatoms. The van der Waals surface area contributed by atoms with Crippen LogP contribution in [0.5, 0.6) is 0 Å². The molecule has 2 unspecified atom stereocenters. The smallest absolute Gasteiger partial charge is 0.462 e. The summed E-state index contributed by atoms with van der Waals surface area (Å²) in [5.74, 6) is -0.791. The summed E-state index contributed by atoms with van der Waals surface area (Å²) in [6.07, 6.45) is 96.4. The van der Waals surface area contributed by atoms with Gasteiger partial charge in [0.05, 0.1) is 27.7 Å². The van der Waals surface area contributed by atoms with Crippen molar-refractivity contribution in [3.05, 3.63) is 109 Å². The van der Waals surface area contributed by atoms with Gasteiger partial charge in [-0.05, 0) is 96.3 Å². The van der Waals surface area contributed by atoms with Crippen molar-refractivity contribution in [1.82, 2.24) is 0 Å². The first kappa shape index (κ1) is 84.7. The molecule has 0 saturated heterocycles. The van der Waals surface area contributed by atoms with Gasteiger partial charge in [-0.3, -0.25) is 18.6 Å². The van der Waals surface area contributed by atoms with Crippen molar-refractivity contribution in [2.45, 2.75) is 328 Å². The Morgan fingerprint density at radius 2 is 0.614 bits per heavy atom. The summed E-state index contributed by atoms with van der Waals surface area (Å²) < 4.78 is 34.8. The summed E-state index contributed by atoms with van der Waals surface area (Å²) in [6, 6.07) is 0. The Bertz CT molecular complexity index is 1850. The van der Waals surface area contributed by atoms with Gasteiger partial charge in [0.2, 0.25) is 0 Å². The zero-order valence-corrected chi connectivity index (χ0v) is 58.8. The van der Waals surface area contributed by atoms with Crippen molar-refractivity contribution in [3.63, 3.8) is 0 Å². The van der Waals surface area contributed by atoms with Gasteiger partial charge in [-0.25, -0.2) is 4.57 Å². The van der Waals surface area contributed by atoms with E-state index in [4.69, 9.17) is 18.5 Å². The highest BCUT2D eigenvalue weighted by Crippen LogP contribution is 2.43. The van der Waals surface area contributed by atoms with Gasteiger partial charge in [-0.15, -0.1) is 0 Å². The van der Waals surface area contributed by atoms with Crippen LogP contribution >= 0.6 is 7.82 Å². The number of phosphoric ester groups is 1. The van der Waals surface area contributed by atoms with Gasteiger partial charge < -0.3 is 18.9 Å². The van der Waals surface area contributed by atoms with E-state index in [9.17, 15) is 19.0 Å². The van der Waals surface area contributed by atoms with Gasteiger partial charge in [-0.2, -0.15) is 0 Å². The molecule has 0 fully saturated rings. The molecule has 0 aliphatic carbocycles. The van der Waals surface area contributed by atoms with E-state index in [0.29, 0.717) is 17.4 Å². The molecule has 508 valence electrons. The first-order chi connectivity index (χ1) is 43.0. The first-order valence-electron chi connectivity index (χ1n) is 36.6. The zero-order valence-electron chi connectivity index (χ0n) is 57.9. The average molecular weight is 1250 g/mol. The molecule has 1 N–H and O–H groups in total. The molecule has 0 bridgehead atoms. The van der Waals surface area contributed by atoms with Gasteiger partial charge in [0.1, 0.15) is 19.8 Å². The van der Waals surface area contributed by atoms with E-state index in [0.717, 1.165) is 103 Å². The van der Waals surface area contributed by atoms with E-state index in [1.807, 2.05) is 21.1 Å². The minimum absolute atomic E-state index is 0.0288. The molecule has 0 amide bonds. The molecule has 0 rings (SSSR count). The molecule has 0 radical (unpaired) electrons. The fourth-order valence-electron chi connectivity index (χ4n) is 10.3. The third-order valence-corrected chi connectivity index (χ3v) is 16.8. The van der Waals surface area contributed by atoms with Gasteiger partial charge in [-0.1, -0.05) is 322 Å². The Kier molecular flexibility index (Phi) is 65.5. The second kappa shape index (κ2) is 68.0. The number of allylic oxidation sites excluding steroid dienone is 18. The molecule has 0 aromatic rings. The van der Waals surface area contributed by atoms with Crippen molar-refractivity contribution in [3.8, 4) is 0 Å². The van der Waals surface area contributed by atoms with Gasteiger partial charge in [0.25, 0.3) is 0 Å². The van der Waals surface area contributed by atoms with Crippen LogP contribution in [-0.4, -0.2) is 74.9 Å². The Hall–Kier alpha value is -3.33. The molecule has 0 aliphatic rings. The third-order valence-electron chi connectivity index (χ3n) is 15.8. The van der Waals surface area contributed by atoms with Gasteiger partial charge in [0.15, 0.2) is 6.10 Å². The van der Waals surface area contributed by atoms with Crippen LogP contribution in [0.15, 0.2) is 109 Å². The Balaban J connectivity index is 3.97. The van der Waals surface area contributed by atoms with Crippen LogP contribution < -0.4 is 0 Å². The molecule has 0 heterocycles. The van der Waals surface area contributed by atoms with E-state index < -0.39 is 26.5 Å². The number of carbonyl (C=O) groups is 2. The Morgan fingerprint density at radius 1 is 0.352 bits per heavy atom. The largest absolute Gasteiger partial charge is 0.472 e. The number of hydrogen-bond donors (Lipinski definition) is 1. The lowest BCUT2D eigenvalue weighted by Gasteiger charge is -2.24. The molecule has 9 nitrogen and oxygen atoms in total. The lowest BCUT2D eigenvalue weighted by atomic mass is 10.0. The highest BCUT2D eigenvalue weighted by atomic mass is 31.2. The van der Waals surface area contributed by atoms with Crippen molar-refractivity contribution < 1.29 is 42.1 Å². The maximum atomic E-state index is 12.9. The van der Waals surface area contributed by atoms with Gasteiger partial charge >= 0.3 is 19.8 Å². The number of ether oxygens (including phenoxy) is 2. The normalized spacial score (nSPS) is 13.8. The number of rotatable bonds is 67. The molecule has 0 aromatic heterocycles. The Labute approximate surface area is 544 Å². The number of esters is 2. The maximum absolute atomic E-state index is 12.9. The second-order valence-electron chi connectivity index (χ2n) is 25.6. The SMILES string of the molecule is CC/C=C\C/C=C\C/C=C\C/C=C\C/C=C\CCCCCCCCCCCCCC(=O)OC(COC(=O)CCCCCCCCCCCCCCCCCCCCCCCCCC/C=C\C/C=C\C/C=C\C/C=C\CC)COP(=O)(O)OCC[N+](C)(C)C. The summed E-state index contributed by atoms with van der Waals surface area (Å²) in [5, 5.41) is 0. The monoisotopic (exact) mass is 1250 g/mol. The number of quaternary nitrogens is 1. The van der Waals surface area contributed by atoms with Crippen LogP contribution in [0.25, 0.3) is 0 Å². The summed E-state index contributed by atoms with van der Waals surface area (Å²) in [5.41, 5.74) is 0. The van der Waals surface area contributed by atoms with E-state index >= 15 is 0 Å². The topological polar surface area (TPSA) is 108 Å². The van der Waals surface area contributed by atoms with Crippen LogP contribution in [0.4, 0.5) is 0 Å². The molecule has 2 atom stereocenters. The van der Waals surface area contributed by atoms with Crippen molar-refractivity contribution >= 4 is 19.8 Å². The first-order valence-corrected chi connectivity index (χ1v) is 38.1. The molecular weight excluding hydrogens is 1110 g/mol. The number of carbonyl (C=O) groups excluding carboxylic acids is 2. The highest BCUT2D eigenvalue weighted by molar-refractivity contribution is 7.47. The van der Waals surface area contributed by atoms with Crippen LogP contribution in [0, 0.1) is 0 Å². The van der Waals surface area contributed by atoms with Gasteiger partial charge in [0, 0.05) is 12.8 Å². The highest BCUT2D eigenvalue weighted by Gasteiger charge is 2.27. The molecular formula is C78H139NO8P+. The summed E-state index contributed by atoms with van der Waals surface area (Å²) in [7, 11) is 1.48. The predicted molar refractivity (Wildman–Crippen MR) is 381 cm³/mol. The number of phosphoric acid groups is 1. The fourth-order valence-corrected chi connectivity index (χ4v) is 11.0. The number of hydrogen-bond acceptors (Lipinski definition) is 7. The minimum Gasteiger partial charge on any atom is -0.462 e. The van der Waals surface area contributed by atoms with Crippen molar-refractivity contribution in [2.75, 3.05) is 47.5 Å². The van der Waals surface area contributed by atoms with Crippen LogP contribution in [0.2, 0.25) is 0 Å². The third kappa shape index (κ3) is 71.7. The van der Waals surface area contributed by atoms with Crippen LogP contribution in [0.3, 0.4) is 0 Å². The minimum atomic E-state index is -4.40. The summed E-state index contributed by atoms with van der Waals surface area (Å²) in [4.78, 5) is 35.9. The predicted octanol–water partition coefficient (Wildman–Crippen LogP) is 24.1. The Morgan fingerprint density at radius 3 is 0.909 bits per heavy atom. The maximum Gasteiger partial charge on any atom is 0.472 e. The van der Waals surface area contributed by atoms with Crippen molar-refractivity contribution in [2.24, 2.45) is 0 Å². The molecule has 0 spiro atoms. The molecule has 0 aromatic carbocycles. The average Bonchev–Trinajstić information content (AvgIpc) is 3.60. The van der Waals surface area contributed by atoms with E-state index in [1.165, 1.54) is 186 Å². The van der Waals surface area contributed by atoms with Crippen molar-refractivity contribution in [1.29, 1.82) is 0 Å². The molecule has 88 heavy (non-hydrogen) atoms. The summed E-state index contributed by atoms with van der Waals surface area (Å²) >= 11 is 0. The lowest BCUT2D eigenvalue weighted by molar-refractivity contribution is -0.870. The van der Waals surface area contributed by atoms with E-state index in [1.54, 1.807) is 0 Å². The van der Waals surface area contributed by atoms with E-state index in [-0.39, 0.29) is 32.0 Å². The second-order valence-corrected chi connectivity index (χ2v) is 27.0. The van der Waals surface area contributed by atoms with E-state index in [2.05, 4.69) is 123 Å². The lowest BCUT2D eigenvalue weighted by Crippen LogP contribution is -2.37.